The lowest BCUT2D eigenvalue weighted by atomic mass is 10.2. The lowest BCUT2D eigenvalue weighted by Gasteiger charge is -2.03. The molecule has 0 bridgehead atoms. The maximum Gasteiger partial charge on any atom is 0.217 e. The van der Waals surface area contributed by atoms with Crippen LogP contribution in [0.4, 0.5) is 0 Å². The van der Waals surface area contributed by atoms with Crippen molar-refractivity contribution in [1.29, 1.82) is 0 Å². The smallest absolute Gasteiger partial charge is 0.217 e. The van der Waals surface area contributed by atoms with Gasteiger partial charge in [-0.05, 0) is 31.9 Å². The Balaban J connectivity index is 3.13. The van der Waals surface area contributed by atoms with E-state index in [-0.39, 0.29) is 5.91 Å². The van der Waals surface area contributed by atoms with Crippen LogP contribution >= 0.6 is 11.6 Å². The highest BCUT2D eigenvalue weighted by atomic mass is 35.5. The van der Waals surface area contributed by atoms with Gasteiger partial charge in [0.25, 0.3) is 0 Å². The van der Waals surface area contributed by atoms with E-state index in [0.717, 1.165) is 31.5 Å². The molecule has 76 valence electrons. The third-order valence-corrected chi connectivity index (χ3v) is 1.99. The van der Waals surface area contributed by atoms with Crippen LogP contribution in [0.2, 0.25) is 0 Å². The standard InChI is InChI=1S/C9H17ClN2O/c1-8(6-10)7-12-5-3-2-4-9(11)13/h6,12H,2-5,7H2,1H3,(H2,11,13). The summed E-state index contributed by atoms with van der Waals surface area (Å²) in [6, 6.07) is 0. The van der Waals surface area contributed by atoms with Crippen LogP contribution in [-0.2, 0) is 4.79 Å². The summed E-state index contributed by atoms with van der Waals surface area (Å²) in [5.74, 6) is -0.225. The van der Waals surface area contributed by atoms with Crippen molar-refractivity contribution in [2.24, 2.45) is 5.73 Å². The van der Waals surface area contributed by atoms with E-state index in [2.05, 4.69) is 5.32 Å². The van der Waals surface area contributed by atoms with Crippen molar-refractivity contribution in [2.45, 2.75) is 26.2 Å². The van der Waals surface area contributed by atoms with Crippen molar-refractivity contribution in [1.82, 2.24) is 5.32 Å². The summed E-state index contributed by atoms with van der Waals surface area (Å²) in [4.78, 5) is 10.4. The lowest BCUT2D eigenvalue weighted by molar-refractivity contribution is -0.118. The molecule has 0 saturated carbocycles. The average molecular weight is 205 g/mol. The highest BCUT2D eigenvalue weighted by molar-refractivity contribution is 6.25. The number of carbonyl (C=O) groups is 1. The molecule has 0 aliphatic heterocycles. The summed E-state index contributed by atoms with van der Waals surface area (Å²) < 4.78 is 0. The van der Waals surface area contributed by atoms with Gasteiger partial charge in [-0.25, -0.2) is 0 Å². The van der Waals surface area contributed by atoms with Crippen LogP contribution in [0, 0.1) is 0 Å². The number of unbranched alkanes of at least 4 members (excludes halogenated alkanes) is 1. The Bertz CT molecular complexity index is 180. The molecule has 0 radical (unpaired) electrons. The normalized spacial score (nSPS) is 11.7. The molecule has 0 aliphatic carbocycles. The first kappa shape index (κ1) is 12.5. The summed E-state index contributed by atoms with van der Waals surface area (Å²) in [5.41, 5.74) is 7.66. The molecule has 3 nitrogen and oxygen atoms in total. The molecule has 13 heavy (non-hydrogen) atoms. The van der Waals surface area contributed by atoms with Crippen molar-refractivity contribution in [3.05, 3.63) is 11.1 Å². The Labute approximate surface area is 84.3 Å². The topological polar surface area (TPSA) is 55.1 Å². The van der Waals surface area contributed by atoms with Gasteiger partial charge in [-0.15, -0.1) is 0 Å². The van der Waals surface area contributed by atoms with E-state index >= 15 is 0 Å². The van der Waals surface area contributed by atoms with Crippen molar-refractivity contribution >= 4 is 17.5 Å². The van der Waals surface area contributed by atoms with Crippen molar-refractivity contribution < 1.29 is 4.79 Å². The van der Waals surface area contributed by atoms with Gasteiger partial charge in [0.2, 0.25) is 5.91 Å². The van der Waals surface area contributed by atoms with Gasteiger partial charge in [0.1, 0.15) is 0 Å². The van der Waals surface area contributed by atoms with E-state index in [0.29, 0.717) is 6.42 Å². The quantitative estimate of drug-likeness (QED) is 0.616. The molecule has 0 aromatic heterocycles. The summed E-state index contributed by atoms with van der Waals surface area (Å²) in [7, 11) is 0. The van der Waals surface area contributed by atoms with E-state index in [1.165, 1.54) is 0 Å². The van der Waals surface area contributed by atoms with Crippen LogP contribution < -0.4 is 11.1 Å². The molecule has 0 unspecified atom stereocenters. The third kappa shape index (κ3) is 9.37. The average Bonchev–Trinajstić information content (AvgIpc) is 2.10. The lowest BCUT2D eigenvalue weighted by Crippen LogP contribution is -2.18. The molecule has 0 rings (SSSR count). The summed E-state index contributed by atoms with van der Waals surface area (Å²) in [6.45, 7) is 3.67. The SMILES string of the molecule is CC(=CCl)CNCCCCC(N)=O. The molecule has 0 saturated heterocycles. The van der Waals surface area contributed by atoms with E-state index in [1.54, 1.807) is 5.54 Å². The first-order valence-corrected chi connectivity index (χ1v) is 4.85. The molecular formula is C9H17ClN2O. The molecule has 0 spiro atoms. The Morgan fingerprint density at radius 3 is 2.77 bits per heavy atom. The monoisotopic (exact) mass is 204 g/mol. The third-order valence-electron chi connectivity index (χ3n) is 1.62. The molecule has 0 aromatic rings. The predicted octanol–water partition coefficient (Wildman–Crippen LogP) is 1.37. The van der Waals surface area contributed by atoms with Gasteiger partial charge in [0.15, 0.2) is 0 Å². The van der Waals surface area contributed by atoms with Crippen molar-refractivity contribution in [3.63, 3.8) is 0 Å². The Morgan fingerprint density at radius 2 is 2.23 bits per heavy atom. The number of halogens is 1. The Hall–Kier alpha value is -0.540. The Kier molecular flexibility index (Phi) is 7.74. The van der Waals surface area contributed by atoms with E-state index < -0.39 is 0 Å². The number of hydrogen-bond acceptors (Lipinski definition) is 2. The number of hydrogen-bond donors (Lipinski definition) is 2. The van der Waals surface area contributed by atoms with E-state index in [4.69, 9.17) is 17.3 Å². The van der Waals surface area contributed by atoms with Crippen LogP contribution in [0.15, 0.2) is 11.1 Å². The molecular weight excluding hydrogens is 188 g/mol. The van der Waals surface area contributed by atoms with Crippen LogP contribution in [0.25, 0.3) is 0 Å². The van der Waals surface area contributed by atoms with E-state index in [9.17, 15) is 4.79 Å². The van der Waals surface area contributed by atoms with E-state index in [1.807, 2.05) is 6.92 Å². The Morgan fingerprint density at radius 1 is 1.54 bits per heavy atom. The highest BCUT2D eigenvalue weighted by Gasteiger charge is 1.94. The number of nitrogens with two attached hydrogens (primary N) is 1. The fourth-order valence-corrected chi connectivity index (χ4v) is 0.951. The number of nitrogens with one attached hydrogen (secondary N) is 1. The largest absolute Gasteiger partial charge is 0.370 e. The van der Waals surface area contributed by atoms with Gasteiger partial charge in [-0.1, -0.05) is 11.6 Å². The van der Waals surface area contributed by atoms with Crippen LogP contribution in [0.1, 0.15) is 26.2 Å². The molecule has 4 heteroatoms. The van der Waals surface area contributed by atoms with Crippen LogP contribution in [-0.4, -0.2) is 19.0 Å². The van der Waals surface area contributed by atoms with Crippen molar-refractivity contribution in [2.75, 3.05) is 13.1 Å². The highest BCUT2D eigenvalue weighted by Crippen LogP contribution is 1.94. The molecule has 0 fully saturated rings. The summed E-state index contributed by atoms with van der Waals surface area (Å²) >= 11 is 5.47. The number of carbonyl (C=O) groups excluding carboxylic acids is 1. The van der Waals surface area contributed by atoms with Gasteiger partial charge in [0, 0.05) is 18.5 Å². The molecule has 0 aliphatic rings. The molecule has 0 aromatic carbocycles. The zero-order valence-corrected chi connectivity index (χ0v) is 8.73. The van der Waals surface area contributed by atoms with Crippen LogP contribution in [0.3, 0.4) is 0 Å². The van der Waals surface area contributed by atoms with Gasteiger partial charge in [0.05, 0.1) is 0 Å². The van der Waals surface area contributed by atoms with Gasteiger partial charge < -0.3 is 11.1 Å². The maximum absolute atomic E-state index is 10.4. The number of rotatable bonds is 7. The minimum Gasteiger partial charge on any atom is -0.370 e. The fraction of sp³-hybridized carbons (Fsp3) is 0.667. The second-order valence-corrected chi connectivity index (χ2v) is 3.27. The first-order chi connectivity index (χ1) is 6.16. The summed E-state index contributed by atoms with van der Waals surface area (Å²) in [6.07, 6.45) is 2.30. The predicted molar refractivity (Wildman–Crippen MR) is 55.5 cm³/mol. The minimum atomic E-state index is -0.225. The first-order valence-electron chi connectivity index (χ1n) is 4.41. The second-order valence-electron chi connectivity index (χ2n) is 3.06. The summed E-state index contributed by atoms with van der Waals surface area (Å²) in [5, 5.41) is 3.20. The fourth-order valence-electron chi connectivity index (χ4n) is 0.873. The van der Waals surface area contributed by atoms with Gasteiger partial charge in [-0.2, -0.15) is 0 Å². The number of primary amides is 1. The van der Waals surface area contributed by atoms with Crippen LogP contribution in [0.5, 0.6) is 0 Å². The number of amides is 1. The van der Waals surface area contributed by atoms with Gasteiger partial charge in [-0.3, -0.25) is 4.79 Å². The zero-order valence-electron chi connectivity index (χ0n) is 7.98. The molecule has 0 heterocycles. The van der Waals surface area contributed by atoms with Gasteiger partial charge >= 0.3 is 0 Å². The molecule has 0 atom stereocenters. The van der Waals surface area contributed by atoms with Crippen molar-refractivity contribution in [3.8, 4) is 0 Å². The molecule has 1 amide bonds. The maximum atomic E-state index is 10.4. The zero-order chi connectivity index (χ0) is 10.1. The second kappa shape index (κ2) is 8.08. The molecule has 3 N–H and O–H groups in total. The minimum absolute atomic E-state index is 0.225.